The molecule has 2 atom stereocenters. The Kier molecular flexibility index (Phi) is 5.18. The van der Waals surface area contributed by atoms with E-state index in [1.807, 2.05) is 7.05 Å². The molecule has 0 aliphatic heterocycles. The monoisotopic (exact) mass is 286 g/mol. The van der Waals surface area contributed by atoms with E-state index in [1.165, 1.54) is 6.42 Å². The second-order valence-electron chi connectivity index (χ2n) is 5.58. The van der Waals surface area contributed by atoms with E-state index in [9.17, 15) is 4.79 Å². The zero-order valence-corrected chi connectivity index (χ0v) is 12.4. The van der Waals surface area contributed by atoms with Crippen molar-refractivity contribution in [2.24, 2.45) is 11.7 Å². The molecule has 1 aromatic rings. The minimum absolute atomic E-state index is 0.143. The van der Waals surface area contributed by atoms with Crippen molar-refractivity contribution in [3.63, 3.8) is 0 Å². The highest BCUT2D eigenvalue weighted by Gasteiger charge is 2.29. The van der Waals surface area contributed by atoms with Crippen LogP contribution in [0.2, 0.25) is 0 Å². The lowest BCUT2D eigenvalue weighted by molar-refractivity contribution is 0.150. The predicted molar refractivity (Wildman–Crippen MR) is 82.7 cm³/mol. The minimum Gasteiger partial charge on any atom is -0.330 e. The zero-order valence-electron chi connectivity index (χ0n) is 12.4. The third-order valence-corrected chi connectivity index (χ3v) is 4.23. The van der Waals surface area contributed by atoms with Gasteiger partial charge >= 0.3 is 6.03 Å². The second-order valence-corrected chi connectivity index (χ2v) is 5.58. The minimum atomic E-state index is -0.143. The van der Waals surface area contributed by atoms with Gasteiger partial charge in [0.15, 0.2) is 0 Å². The van der Waals surface area contributed by atoms with E-state index in [-0.39, 0.29) is 12.1 Å². The molecule has 0 spiro atoms. The number of anilines is 1. The van der Waals surface area contributed by atoms with Crippen molar-refractivity contribution in [3.8, 4) is 6.07 Å². The van der Waals surface area contributed by atoms with Crippen LogP contribution in [-0.4, -0.2) is 30.6 Å². The summed E-state index contributed by atoms with van der Waals surface area (Å²) in [5, 5.41) is 11.7. The smallest absolute Gasteiger partial charge is 0.321 e. The summed E-state index contributed by atoms with van der Waals surface area (Å²) in [5.74, 6) is 0.375. The lowest BCUT2D eigenvalue weighted by Gasteiger charge is -2.37. The maximum absolute atomic E-state index is 12.4. The van der Waals surface area contributed by atoms with E-state index in [1.54, 1.807) is 29.2 Å². The van der Waals surface area contributed by atoms with Crippen molar-refractivity contribution < 1.29 is 4.79 Å². The van der Waals surface area contributed by atoms with Crippen molar-refractivity contribution in [2.45, 2.75) is 31.7 Å². The first-order valence-corrected chi connectivity index (χ1v) is 7.39. The van der Waals surface area contributed by atoms with E-state index in [0.29, 0.717) is 23.7 Å². The van der Waals surface area contributed by atoms with Gasteiger partial charge in [0.1, 0.15) is 0 Å². The van der Waals surface area contributed by atoms with Crippen LogP contribution in [0.5, 0.6) is 0 Å². The molecule has 0 bridgehead atoms. The molecule has 2 unspecified atom stereocenters. The Morgan fingerprint density at radius 1 is 1.48 bits per heavy atom. The van der Waals surface area contributed by atoms with Gasteiger partial charge in [0.05, 0.1) is 11.6 Å². The topological polar surface area (TPSA) is 82.2 Å². The van der Waals surface area contributed by atoms with E-state index >= 15 is 0 Å². The van der Waals surface area contributed by atoms with Crippen molar-refractivity contribution in [2.75, 3.05) is 18.9 Å². The van der Waals surface area contributed by atoms with Gasteiger partial charge in [0.2, 0.25) is 0 Å². The van der Waals surface area contributed by atoms with Gasteiger partial charge in [-0.3, -0.25) is 0 Å². The Labute approximate surface area is 125 Å². The van der Waals surface area contributed by atoms with E-state index in [4.69, 9.17) is 11.0 Å². The van der Waals surface area contributed by atoms with Gasteiger partial charge in [-0.2, -0.15) is 5.26 Å². The highest BCUT2D eigenvalue weighted by atomic mass is 16.2. The van der Waals surface area contributed by atoms with Crippen molar-refractivity contribution in [1.29, 1.82) is 5.26 Å². The molecule has 1 aliphatic carbocycles. The zero-order chi connectivity index (χ0) is 15.2. The van der Waals surface area contributed by atoms with Gasteiger partial charge in [0.25, 0.3) is 0 Å². The van der Waals surface area contributed by atoms with Crippen LogP contribution in [0.1, 0.15) is 31.2 Å². The third kappa shape index (κ3) is 3.73. The average Bonchev–Trinajstić information content (AvgIpc) is 2.54. The first-order chi connectivity index (χ1) is 10.2. The number of nitrogens with zero attached hydrogens (tertiary/aromatic N) is 2. The summed E-state index contributed by atoms with van der Waals surface area (Å²) in [4.78, 5) is 14.1. The Morgan fingerprint density at radius 2 is 2.24 bits per heavy atom. The maximum atomic E-state index is 12.4. The van der Waals surface area contributed by atoms with Crippen LogP contribution in [-0.2, 0) is 0 Å². The summed E-state index contributed by atoms with van der Waals surface area (Å²) in [7, 11) is 1.82. The largest absolute Gasteiger partial charge is 0.330 e. The molecular formula is C16H22N4O. The SMILES string of the molecule is CN(C(=O)Nc1cccc(C#N)c1)C1CCCCC1CN. The van der Waals surface area contributed by atoms with E-state index in [0.717, 1.165) is 19.3 Å². The number of hydrogen-bond acceptors (Lipinski definition) is 3. The molecule has 0 aromatic heterocycles. The van der Waals surface area contributed by atoms with Gasteiger partial charge < -0.3 is 16.0 Å². The fourth-order valence-electron chi connectivity index (χ4n) is 3.00. The lowest BCUT2D eigenvalue weighted by atomic mass is 9.84. The molecule has 5 nitrogen and oxygen atoms in total. The summed E-state index contributed by atoms with van der Waals surface area (Å²) in [6.07, 6.45) is 4.42. The summed E-state index contributed by atoms with van der Waals surface area (Å²) >= 11 is 0. The molecule has 5 heteroatoms. The number of carbonyl (C=O) groups excluding carboxylic acids is 1. The number of benzene rings is 1. The van der Waals surface area contributed by atoms with E-state index < -0.39 is 0 Å². The van der Waals surface area contributed by atoms with Gasteiger partial charge in [-0.25, -0.2) is 4.79 Å². The Bertz CT molecular complexity index is 537. The van der Waals surface area contributed by atoms with Crippen LogP contribution in [0.3, 0.4) is 0 Å². The standard InChI is InChI=1S/C16H22N4O/c1-20(15-8-3-2-6-13(15)11-18)16(21)19-14-7-4-5-12(9-14)10-17/h4-5,7,9,13,15H,2-3,6,8,11,18H2,1H3,(H,19,21). The first-order valence-electron chi connectivity index (χ1n) is 7.39. The number of hydrogen-bond donors (Lipinski definition) is 2. The van der Waals surface area contributed by atoms with Crippen LogP contribution in [0.25, 0.3) is 0 Å². The molecule has 112 valence electrons. The fourth-order valence-corrected chi connectivity index (χ4v) is 3.00. The van der Waals surface area contributed by atoms with Crippen molar-refractivity contribution in [3.05, 3.63) is 29.8 Å². The molecule has 3 N–H and O–H groups in total. The van der Waals surface area contributed by atoms with Crippen LogP contribution in [0.15, 0.2) is 24.3 Å². The highest BCUT2D eigenvalue weighted by Crippen LogP contribution is 2.27. The maximum Gasteiger partial charge on any atom is 0.321 e. The molecular weight excluding hydrogens is 264 g/mol. The van der Waals surface area contributed by atoms with Gasteiger partial charge in [0, 0.05) is 18.8 Å². The highest BCUT2D eigenvalue weighted by molar-refractivity contribution is 5.89. The number of nitrogens with two attached hydrogens (primary N) is 1. The van der Waals surface area contributed by atoms with Gasteiger partial charge in [-0.05, 0) is 43.5 Å². The molecule has 0 saturated heterocycles. The normalized spacial score (nSPS) is 21.4. The Balaban J connectivity index is 2.03. The number of urea groups is 1. The van der Waals surface area contributed by atoms with Crippen LogP contribution >= 0.6 is 0 Å². The number of rotatable bonds is 3. The van der Waals surface area contributed by atoms with Crippen LogP contribution < -0.4 is 11.1 Å². The Hall–Kier alpha value is -2.06. The van der Waals surface area contributed by atoms with E-state index in [2.05, 4.69) is 11.4 Å². The summed E-state index contributed by atoms with van der Waals surface area (Å²) in [6, 6.07) is 9.06. The molecule has 21 heavy (non-hydrogen) atoms. The Morgan fingerprint density at radius 3 is 2.95 bits per heavy atom. The quantitative estimate of drug-likeness (QED) is 0.895. The van der Waals surface area contributed by atoms with Crippen LogP contribution in [0, 0.1) is 17.2 Å². The molecule has 1 aliphatic rings. The number of nitriles is 1. The third-order valence-electron chi connectivity index (χ3n) is 4.23. The molecule has 2 amide bonds. The van der Waals surface area contributed by atoms with Crippen LogP contribution in [0.4, 0.5) is 10.5 Å². The van der Waals surface area contributed by atoms with Gasteiger partial charge in [-0.1, -0.05) is 18.9 Å². The predicted octanol–water partition coefficient (Wildman–Crippen LogP) is 2.54. The molecule has 0 heterocycles. The summed E-state index contributed by atoms with van der Waals surface area (Å²) in [5.41, 5.74) is 7.01. The molecule has 1 aromatic carbocycles. The average molecular weight is 286 g/mol. The summed E-state index contributed by atoms with van der Waals surface area (Å²) < 4.78 is 0. The summed E-state index contributed by atoms with van der Waals surface area (Å²) in [6.45, 7) is 0.617. The first kappa shape index (κ1) is 15.3. The molecule has 1 fully saturated rings. The number of nitrogens with one attached hydrogen (secondary N) is 1. The second kappa shape index (κ2) is 7.09. The molecule has 0 radical (unpaired) electrons. The van der Waals surface area contributed by atoms with Gasteiger partial charge in [-0.15, -0.1) is 0 Å². The van der Waals surface area contributed by atoms with Crippen molar-refractivity contribution >= 4 is 11.7 Å². The number of carbonyl (C=O) groups is 1. The lowest BCUT2D eigenvalue weighted by Crippen LogP contribution is -2.47. The fraction of sp³-hybridized carbons (Fsp3) is 0.500. The van der Waals surface area contributed by atoms with Crippen molar-refractivity contribution in [1.82, 2.24) is 4.90 Å². The molecule has 2 rings (SSSR count). The molecule has 1 saturated carbocycles. The number of amides is 2.